The summed E-state index contributed by atoms with van der Waals surface area (Å²) in [5.74, 6) is -0.358. The van der Waals surface area contributed by atoms with E-state index in [-0.39, 0.29) is 0 Å². The summed E-state index contributed by atoms with van der Waals surface area (Å²) in [5.41, 5.74) is 0.590. The largest absolute Gasteiger partial charge is 0.477 e. The lowest BCUT2D eigenvalue weighted by Crippen LogP contribution is -2.28. The van der Waals surface area contributed by atoms with Crippen molar-refractivity contribution in [2.75, 3.05) is 31.5 Å². The third kappa shape index (κ3) is 3.91. The van der Waals surface area contributed by atoms with E-state index in [4.69, 9.17) is 5.11 Å². The highest BCUT2D eigenvalue weighted by Crippen LogP contribution is 2.22. The quantitative estimate of drug-likeness (QED) is 0.838. The van der Waals surface area contributed by atoms with Gasteiger partial charge in [0.15, 0.2) is 5.13 Å². The van der Waals surface area contributed by atoms with E-state index in [0.29, 0.717) is 21.6 Å². The molecule has 0 spiro atoms. The molecule has 1 aromatic heterocycles. The maximum absolute atomic E-state index is 10.9. The Bertz CT molecular complexity index is 441. The molecule has 0 aromatic carbocycles. The number of likely N-dealkylation sites (tertiary alicyclic amines) is 1. The summed E-state index contributed by atoms with van der Waals surface area (Å²) in [6.07, 6.45) is 2.63. The summed E-state index contributed by atoms with van der Waals surface area (Å²) in [6.45, 7) is 8.31. The van der Waals surface area contributed by atoms with Crippen LogP contribution in [0.2, 0.25) is 0 Å². The van der Waals surface area contributed by atoms with Gasteiger partial charge in [-0.3, -0.25) is 0 Å². The zero-order chi connectivity index (χ0) is 13.8. The fourth-order valence-electron chi connectivity index (χ4n) is 2.40. The van der Waals surface area contributed by atoms with Crippen molar-refractivity contribution in [2.45, 2.75) is 26.7 Å². The topological polar surface area (TPSA) is 65.5 Å². The van der Waals surface area contributed by atoms with Gasteiger partial charge in [0, 0.05) is 13.1 Å². The molecule has 1 aromatic rings. The van der Waals surface area contributed by atoms with Crippen molar-refractivity contribution in [3.8, 4) is 0 Å². The lowest BCUT2D eigenvalue weighted by atomic mass is 10.2. The Morgan fingerprint density at radius 2 is 2.21 bits per heavy atom. The molecule has 2 N–H and O–H groups in total. The van der Waals surface area contributed by atoms with Gasteiger partial charge in [0.2, 0.25) is 0 Å². The van der Waals surface area contributed by atoms with Crippen molar-refractivity contribution in [2.24, 2.45) is 5.92 Å². The minimum Gasteiger partial charge on any atom is -0.477 e. The van der Waals surface area contributed by atoms with Gasteiger partial charge in [-0.25, -0.2) is 9.78 Å². The van der Waals surface area contributed by atoms with Crippen LogP contribution in [0.15, 0.2) is 0 Å². The molecule has 1 fully saturated rings. The van der Waals surface area contributed by atoms with Crippen LogP contribution in [0.4, 0.5) is 5.13 Å². The second-order valence-corrected chi connectivity index (χ2v) is 6.23. The first kappa shape index (κ1) is 14.3. The zero-order valence-electron chi connectivity index (χ0n) is 11.5. The number of rotatable bonds is 6. The van der Waals surface area contributed by atoms with Crippen molar-refractivity contribution in [3.05, 3.63) is 10.6 Å². The van der Waals surface area contributed by atoms with Crippen molar-refractivity contribution in [1.82, 2.24) is 9.88 Å². The SMILES string of the molecule is Cc1nc(NCC(C)CN2CCCC2)sc1C(=O)O. The molecule has 5 nitrogen and oxygen atoms in total. The van der Waals surface area contributed by atoms with Gasteiger partial charge in [0.05, 0.1) is 5.69 Å². The summed E-state index contributed by atoms with van der Waals surface area (Å²) >= 11 is 1.22. The van der Waals surface area contributed by atoms with E-state index in [9.17, 15) is 4.79 Å². The molecule has 6 heteroatoms. The van der Waals surface area contributed by atoms with E-state index in [0.717, 1.165) is 13.1 Å². The predicted molar refractivity (Wildman–Crippen MR) is 77.1 cm³/mol. The summed E-state index contributed by atoms with van der Waals surface area (Å²) in [5, 5.41) is 12.9. The Morgan fingerprint density at radius 3 is 2.79 bits per heavy atom. The van der Waals surface area contributed by atoms with Gasteiger partial charge in [-0.2, -0.15) is 0 Å². The van der Waals surface area contributed by atoms with Gasteiger partial charge >= 0.3 is 5.97 Å². The van der Waals surface area contributed by atoms with Gasteiger partial charge in [0.1, 0.15) is 4.88 Å². The molecule has 0 radical (unpaired) electrons. The van der Waals surface area contributed by atoms with Crippen LogP contribution in [0.5, 0.6) is 0 Å². The van der Waals surface area contributed by atoms with E-state index in [1.54, 1.807) is 6.92 Å². The maximum atomic E-state index is 10.9. The third-order valence-corrected chi connectivity index (χ3v) is 4.46. The number of hydrogen-bond donors (Lipinski definition) is 2. The van der Waals surface area contributed by atoms with Crippen molar-refractivity contribution in [1.29, 1.82) is 0 Å². The Kier molecular flexibility index (Phi) is 4.76. The highest BCUT2D eigenvalue weighted by molar-refractivity contribution is 7.17. The molecule has 19 heavy (non-hydrogen) atoms. The molecule has 2 rings (SSSR count). The highest BCUT2D eigenvalue weighted by atomic mass is 32.1. The molecule has 2 heterocycles. The Balaban J connectivity index is 1.81. The van der Waals surface area contributed by atoms with E-state index in [1.807, 2.05) is 0 Å². The van der Waals surface area contributed by atoms with Gasteiger partial charge in [-0.1, -0.05) is 18.3 Å². The van der Waals surface area contributed by atoms with Crippen LogP contribution in [-0.4, -0.2) is 47.1 Å². The van der Waals surface area contributed by atoms with Crippen LogP contribution in [0.1, 0.15) is 35.1 Å². The van der Waals surface area contributed by atoms with Crippen LogP contribution in [0, 0.1) is 12.8 Å². The molecule has 1 atom stereocenters. The first-order valence-electron chi connectivity index (χ1n) is 6.73. The summed E-state index contributed by atoms with van der Waals surface area (Å²) in [6, 6.07) is 0. The second kappa shape index (κ2) is 6.34. The molecule has 106 valence electrons. The monoisotopic (exact) mass is 283 g/mol. The van der Waals surface area contributed by atoms with E-state index in [1.165, 1.54) is 37.3 Å². The minimum absolute atomic E-state index is 0.328. The number of aryl methyl sites for hydroxylation is 1. The number of hydrogen-bond acceptors (Lipinski definition) is 5. The molecule has 1 unspecified atom stereocenters. The molecule has 1 aliphatic rings. The number of nitrogens with zero attached hydrogens (tertiary/aromatic N) is 2. The molecular weight excluding hydrogens is 262 g/mol. The Morgan fingerprint density at radius 1 is 1.53 bits per heavy atom. The first-order valence-corrected chi connectivity index (χ1v) is 7.55. The summed E-state index contributed by atoms with van der Waals surface area (Å²) in [7, 11) is 0. The summed E-state index contributed by atoms with van der Waals surface area (Å²) < 4.78 is 0. The van der Waals surface area contributed by atoms with Gasteiger partial charge in [-0.05, 0) is 38.8 Å². The zero-order valence-corrected chi connectivity index (χ0v) is 12.3. The summed E-state index contributed by atoms with van der Waals surface area (Å²) in [4.78, 5) is 18.0. The smallest absolute Gasteiger partial charge is 0.347 e. The van der Waals surface area contributed by atoms with E-state index in [2.05, 4.69) is 22.1 Å². The Labute approximate surface area is 117 Å². The molecule has 0 bridgehead atoms. The van der Waals surface area contributed by atoms with Crippen LogP contribution >= 0.6 is 11.3 Å². The fourth-order valence-corrected chi connectivity index (χ4v) is 3.21. The number of carbonyl (C=O) groups is 1. The standard InChI is InChI=1S/C13H21N3O2S/c1-9(8-16-5-3-4-6-16)7-14-13-15-10(2)11(19-13)12(17)18/h9H,3-8H2,1-2H3,(H,14,15)(H,17,18). The van der Waals surface area contributed by atoms with Crippen LogP contribution in [0.3, 0.4) is 0 Å². The Hall–Kier alpha value is -1.14. The van der Waals surface area contributed by atoms with Crippen LogP contribution < -0.4 is 5.32 Å². The van der Waals surface area contributed by atoms with Gasteiger partial charge in [0.25, 0.3) is 0 Å². The van der Waals surface area contributed by atoms with Gasteiger partial charge < -0.3 is 15.3 Å². The minimum atomic E-state index is -0.895. The van der Waals surface area contributed by atoms with Crippen molar-refractivity contribution >= 4 is 22.4 Å². The molecule has 0 aliphatic carbocycles. The molecule has 1 aliphatic heterocycles. The number of aromatic nitrogens is 1. The normalized spacial score (nSPS) is 17.6. The number of thiazole rings is 1. The second-order valence-electron chi connectivity index (χ2n) is 5.23. The molecule has 1 saturated heterocycles. The highest BCUT2D eigenvalue weighted by Gasteiger charge is 2.16. The van der Waals surface area contributed by atoms with Gasteiger partial charge in [-0.15, -0.1) is 0 Å². The molecule has 0 amide bonds. The number of nitrogens with one attached hydrogen (secondary N) is 1. The van der Waals surface area contributed by atoms with Crippen LogP contribution in [-0.2, 0) is 0 Å². The predicted octanol–water partition coefficient (Wildman–Crippen LogP) is 2.29. The number of anilines is 1. The maximum Gasteiger partial charge on any atom is 0.347 e. The first-order chi connectivity index (χ1) is 9.06. The number of aromatic carboxylic acids is 1. The van der Waals surface area contributed by atoms with Crippen molar-refractivity contribution < 1.29 is 9.90 Å². The molecule has 0 saturated carbocycles. The van der Waals surface area contributed by atoms with Crippen LogP contribution in [0.25, 0.3) is 0 Å². The third-order valence-electron chi connectivity index (χ3n) is 3.36. The van der Waals surface area contributed by atoms with E-state index >= 15 is 0 Å². The lowest BCUT2D eigenvalue weighted by Gasteiger charge is -2.20. The average molecular weight is 283 g/mol. The van der Waals surface area contributed by atoms with Crippen molar-refractivity contribution in [3.63, 3.8) is 0 Å². The average Bonchev–Trinajstić information content (AvgIpc) is 2.96. The lowest BCUT2D eigenvalue weighted by molar-refractivity contribution is 0.0701. The van der Waals surface area contributed by atoms with E-state index < -0.39 is 5.97 Å². The fraction of sp³-hybridized carbons (Fsp3) is 0.692. The number of carboxylic acids is 1. The molecular formula is C13H21N3O2S. The number of carboxylic acid groups (broad SMARTS) is 1.